The summed E-state index contributed by atoms with van der Waals surface area (Å²) < 4.78 is 1.66. The Morgan fingerprint density at radius 3 is 2.57 bits per heavy atom. The number of aromatic nitrogens is 4. The molecule has 0 spiro atoms. The summed E-state index contributed by atoms with van der Waals surface area (Å²) in [7, 11) is 1.82. The maximum absolute atomic E-state index is 12.4. The molecule has 0 unspecified atom stereocenters. The van der Waals surface area contributed by atoms with Crippen LogP contribution in [-0.2, 0) is 12.5 Å². The Labute approximate surface area is 124 Å². The Kier molecular flexibility index (Phi) is 3.31. The molecule has 3 heterocycles. The lowest BCUT2D eigenvalue weighted by molar-refractivity contribution is 0.0673. The summed E-state index contributed by atoms with van der Waals surface area (Å²) in [4.78, 5) is 14.4. The van der Waals surface area contributed by atoms with E-state index in [-0.39, 0.29) is 11.3 Å². The number of carbonyl (C=O) groups excluding carboxylic acids is 1. The minimum atomic E-state index is 0.0754. The third-order valence-electron chi connectivity index (χ3n) is 4.54. The van der Waals surface area contributed by atoms with E-state index >= 15 is 0 Å². The Morgan fingerprint density at radius 2 is 2.05 bits per heavy atom. The largest absolute Gasteiger partial charge is 0.338 e. The van der Waals surface area contributed by atoms with Crippen molar-refractivity contribution in [1.82, 2.24) is 24.9 Å². The normalized spacial score (nSPS) is 18.0. The van der Waals surface area contributed by atoms with E-state index in [1.54, 1.807) is 17.1 Å². The molecular formula is C15H21N5O. The maximum atomic E-state index is 12.4. The minimum absolute atomic E-state index is 0.0754. The van der Waals surface area contributed by atoms with Gasteiger partial charge in [0, 0.05) is 37.4 Å². The number of rotatable bonds is 2. The fraction of sp³-hybridized carbons (Fsp3) is 0.533. The van der Waals surface area contributed by atoms with Gasteiger partial charge in [-0.25, -0.2) is 0 Å². The predicted octanol–water partition coefficient (Wildman–Crippen LogP) is 1.65. The van der Waals surface area contributed by atoms with E-state index in [0.29, 0.717) is 5.56 Å². The number of piperidine rings is 1. The summed E-state index contributed by atoms with van der Waals surface area (Å²) in [6, 6.07) is 0. The number of amides is 1. The van der Waals surface area contributed by atoms with Crippen LogP contribution < -0.4 is 0 Å². The third kappa shape index (κ3) is 2.46. The van der Waals surface area contributed by atoms with Crippen LogP contribution in [0.15, 0.2) is 18.6 Å². The Balaban J connectivity index is 1.70. The van der Waals surface area contributed by atoms with Crippen molar-refractivity contribution in [3.63, 3.8) is 0 Å². The number of nitrogens with zero attached hydrogens (tertiary/aromatic N) is 4. The van der Waals surface area contributed by atoms with Gasteiger partial charge in [0.2, 0.25) is 0 Å². The molecule has 0 aromatic carbocycles. The van der Waals surface area contributed by atoms with Crippen molar-refractivity contribution < 1.29 is 4.79 Å². The smallest absolute Gasteiger partial charge is 0.257 e. The van der Waals surface area contributed by atoms with Crippen molar-refractivity contribution in [2.45, 2.75) is 32.1 Å². The lowest BCUT2D eigenvalue weighted by Gasteiger charge is -2.39. The molecule has 0 saturated carbocycles. The molecule has 0 bridgehead atoms. The van der Waals surface area contributed by atoms with Crippen LogP contribution in [0.3, 0.4) is 0 Å². The molecule has 112 valence electrons. The van der Waals surface area contributed by atoms with Crippen molar-refractivity contribution in [3.05, 3.63) is 35.4 Å². The van der Waals surface area contributed by atoms with Crippen LogP contribution in [0.25, 0.3) is 0 Å². The Morgan fingerprint density at radius 1 is 1.33 bits per heavy atom. The third-order valence-corrected chi connectivity index (χ3v) is 4.54. The van der Waals surface area contributed by atoms with Gasteiger partial charge in [-0.05, 0) is 25.3 Å². The highest BCUT2D eigenvalue weighted by atomic mass is 16.2. The SMILES string of the molecule is Cc1cn[nH]c1C1(C)CCN(C(=O)c2cnn(C)c2)CC1. The summed E-state index contributed by atoms with van der Waals surface area (Å²) in [5, 5.41) is 11.3. The minimum Gasteiger partial charge on any atom is -0.338 e. The van der Waals surface area contributed by atoms with Crippen LogP contribution in [-0.4, -0.2) is 43.9 Å². The molecule has 1 N–H and O–H groups in total. The first-order valence-corrected chi connectivity index (χ1v) is 7.28. The van der Waals surface area contributed by atoms with E-state index in [9.17, 15) is 4.79 Å². The fourth-order valence-electron chi connectivity index (χ4n) is 3.12. The second-order valence-corrected chi connectivity index (χ2v) is 6.18. The van der Waals surface area contributed by atoms with E-state index < -0.39 is 0 Å². The van der Waals surface area contributed by atoms with Crippen LogP contribution in [0.5, 0.6) is 0 Å². The van der Waals surface area contributed by atoms with Gasteiger partial charge in [-0.3, -0.25) is 14.6 Å². The molecule has 21 heavy (non-hydrogen) atoms. The molecule has 0 radical (unpaired) electrons. The maximum Gasteiger partial charge on any atom is 0.257 e. The van der Waals surface area contributed by atoms with Crippen LogP contribution in [0, 0.1) is 6.92 Å². The molecule has 2 aromatic rings. The van der Waals surface area contributed by atoms with Gasteiger partial charge in [0.05, 0.1) is 18.0 Å². The van der Waals surface area contributed by atoms with Crippen molar-refractivity contribution in [2.24, 2.45) is 7.05 Å². The second-order valence-electron chi connectivity index (χ2n) is 6.18. The zero-order valence-electron chi connectivity index (χ0n) is 12.8. The van der Waals surface area contributed by atoms with Crippen molar-refractivity contribution >= 4 is 5.91 Å². The van der Waals surface area contributed by atoms with Gasteiger partial charge in [-0.1, -0.05) is 6.92 Å². The van der Waals surface area contributed by atoms with E-state index in [0.717, 1.165) is 25.9 Å². The number of nitrogens with one attached hydrogen (secondary N) is 1. The first-order chi connectivity index (χ1) is 9.99. The highest BCUT2D eigenvalue weighted by Gasteiger charge is 2.35. The first kappa shape index (κ1) is 13.9. The lowest BCUT2D eigenvalue weighted by atomic mass is 9.76. The number of aryl methyl sites for hydroxylation is 2. The first-order valence-electron chi connectivity index (χ1n) is 7.28. The van der Waals surface area contributed by atoms with Gasteiger partial charge < -0.3 is 4.90 Å². The number of likely N-dealkylation sites (tertiary alicyclic amines) is 1. The molecule has 2 aromatic heterocycles. The van der Waals surface area contributed by atoms with E-state index in [1.807, 2.05) is 18.1 Å². The predicted molar refractivity (Wildman–Crippen MR) is 79.0 cm³/mol. The van der Waals surface area contributed by atoms with E-state index in [1.165, 1.54) is 11.3 Å². The average molecular weight is 287 g/mol. The van der Waals surface area contributed by atoms with Crippen molar-refractivity contribution in [1.29, 1.82) is 0 Å². The highest BCUT2D eigenvalue weighted by molar-refractivity contribution is 5.93. The number of aromatic amines is 1. The molecule has 0 atom stereocenters. The highest BCUT2D eigenvalue weighted by Crippen LogP contribution is 2.35. The number of carbonyl (C=O) groups is 1. The number of hydrogen-bond acceptors (Lipinski definition) is 3. The molecular weight excluding hydrogens is 266 g/mol. The van der Waals surface area contributed by atoms with Gasteiger partial charge >= 0.3 is 0 Å². The standard InChI is InChI=1S/C15H21N5O/c1-11-8-16-18-13(11)15(2)4-6-20(7-5-15)14(21)12-9-17-19(3)10-12/h8-10H,4-7H2,1-3H3,(H,16,18). The van der Waals surface area contributed by atoms with E-state index in [2.05, 4.69) is 29.1 Å². The topological polar surface area (TPSA) is 66.8 Å². The fourth-order valence-corrected chi connectivity index (χ4v) is 3.12. The van der Waals surface area contributed by atoms with Gasteiger partial charge in [0.1, 0.15) is 0 Å². The van der Waals surface area contributed by atoms with Crippen molar-refractivity contribution in [2.75, 3.05) is 13.1 Å². The lowest BCUT2D eigenvalue weighted by Crippen LogP contribution is -2.44. The van der Waals surface area contributed by atoms with Gasteiger partial charge in [-0.2, -0.15) is 10.2 Å². The zero-order chi connectivity index (χ0) is 15.0. The molecule has 3 rings (SSSR count). The van der Waals surface area contributed by atoms with Crippen LogP contribution in [0.1, 0.15) is 41.4 Å². The quantitative estimate of drug-likeness (QED) is 0.913. The summed E-state index contributed by atoms with van der Waals surface area (Å²) in [5.74, 6) is 0.0754. The molecule has 1 amide bonds. The van der Waals surface area contributed by atoms with Gasteiger partial charge in [0.15, 0.2) is 0 Å². The molecule has 1 saturated heterocycles. The van der Waals surface area contributed by atoms with Crippen LogP contribution in [0.2, 0.25) is 0 Å². The van der Waals surface area contributed by atoms with Gasteiger partial charge in [0.25, 0.3) is 5.91 Å². The average Bonchev–Trinajstić information content (AvgIpc) is 3.08. The molecule has 1 aliphatic heterocycles. The van der Waals surface area contributed by atoms with Crippen LogP contribution >= 0.6 is 0 Å². The summed E-state index contributed by atoms with van der Waals surface area (Å²) >= 11 is 0. The van der Waals surface area contributed by atoms with Gasteiger partial charge in [-0.15, -0.1) is 0 Å². The van der Waals surface area contributed by atoms with E-state index in [4.69, 9.17) is 0 Å². The monoisotopic (exact) mass is 287 g/mol. The van der Waals surface area contributed by atoms with Crippen LogP contribution in [0.4, 0.5) is 0 Å². The Hall–Kier alpha value is -2.11. The molecule has 0 aliphatic carbocycles. The molecule has 1 fully saturated rings. The number of hydrogen-bond donors (Lipinski definition) is 1. The molecule has 1 aliphatic rings. The molecule has 6 nitrogen and oxygen atoms in total. The second kappa shape index (κ2) is 5.02. The zero-order valence-corrected chi connectivity index (χ0v) is 12.8. The summed E-state index contributed by atoms with van der Waals surface area (Å²) in [6.07, 6.45) is 7.17. The number of H-pyrrole nitrogens is 1. The summed E-state index contributed by atoms with van der Waals surface area (Å²) in [5.41, 5.74) is 3.14. The summed E-state index contributed by atoms with van der Waals surface area (Å²) in [6.45, 7) is 5.86. The van der Waals surface area contributed by atoms with Crippen molar-refractivity contribution in [3.8, 4) is 0 Å². The molecule has 6 heteroatoms. The Bertz CT molecular complexity index is 649.